The molecule has 0 bridgehead atoms. The molecule has 4 aromatic rings. The lowest BCUT2D eigenvalue weighted by Gasteiger charge is -2.63. The minimum absolute atomic E-state index is 0.0147. The standard InChI is InChI=1S/C49H62ClN9O7/c1-47(2,3)38(44(64)59-28-35(60)24-40(59)43(63)53-27-30-11-13-31(14-12-30)41-55-57-58-56-41)23-36(61)29-65-22-10-8-9-21-52-34-18-15-32(16-19-34)42(62)54-45-48(4,5)46(49(45,6)7)66-37-20-17-33(26-51)39(50)25-37/h11-20,25,35,38,40,45-46,52,60H,8-10,21-24,27-29H2,1-7H3,(H,53,63)(H,54,62)(H,55,56,57,58)/t35-,38-,40+,45?,46?/m1/s1. The fourth-order valence-corrected chi connectivity index (χ4v) is 9.61. The minimum atomic E-state index is -0.861. The Labute approximate surface area is 391 Å². The molecular formula is C49H62ClN9O7. The number of rotatable bonds is 20. The first kappa shape index (κ1) is 49.5. The number of tetrazole rings is 1. The predicted octanol–water partition coefficient (Wildman–Crippen LogP) is 6.50. The summed E-state index contributed by atoms with van der Waals surface area (Å²) in [6.07, 6.45) is 1.50. The SMILES string of the molecule is CC1(C)C(NC(=O)c2ccc(NCCCCCOCC(=O)C[C@H](C(=O)N3C[C@H](O)C[C@H]3C(=O)NCc3ccc(-c4nn[nH]n4)cc3)C(C)(C)C)cc2)C(C)(C)C1Oc1ccc(C#N)c(Cl)c1. The van der Waals surface area contributed by atoms with E-state index in [1.165, 1.54) is 4.90 Å². The van der Waals surface area contributed by atoms with Crippen LogP contribution >= 0.6 is 11.6 Å². The van der Waals surface area contributed by atoms with Crippen molar-refractivity contribution < 1.29 is 33.8 Å². The molecule has 1 aliphatic heterocycles. The van der Waals surface area contributed by atoms with Gasteiger partial charge in [-0.3, -0.25) is 19.2 Å². The highest BCUT2D eigenvalue weighted by Crippen LogP contribution is 2.55. The summed E-state index contributed by atoms with van der Waals surface area (Å²) < 4.78 is 12.1. The second kappa shape index (κ2) is 21.2. The molecule has 352 valence electrons. The van der Waals surface area contributed by atoms with Gasteiger partial charge in [-0.15, -0.1) is 10.2 Å². The molecule has 1 aromatic heterocycles. The second-order valence-electron chi connectivity index (χ2n) is 19.6. The number of aliphatic hydroxyl groups excluding tert-OH is 1. The molecular weight excluding hydrogens is 862 g/mol. The van der Waals surface area contributed by atoms with Crippen molar-refractivity contribution in [2.24, 2.45) is 22.2 Å². The molecule has 5 N–H and O–H groups in total. The topological polar surface area (TPSA) is 225 Å². The first-order valence-electron chi connectivity index (χ1n) is 22.5. The van der Waals surface area contributed by atoms with E-state index in [1.54, 1.807) is 30.3 Å². The number of hydrogen-bond acceptors (Lipinski definition) is 12. The van der Waals surface area contributed by atoms with Gasteiger partial charge in [-0.05, 0) is 71.9 Å². The van der Waals surface area contributed by atoms with Gasteiger partial charge in [0.2, 0.25) is 17.6 Å². The van der Waals surface area contributed by atoms with Crippen LogP contribution in [0.5, 0.6) is 5.75 Å². The first-order valence-corrected chi connectivity index (χ1v) is 22.9. The Morgan fingerprint density at radius 1 is 1.00 bits per heavy atom. The number of nitriles is 1. The Morgan fingerprint density at radius 2 is 1.71 bits per heavy atom. The average molecular weight is 925 g/mol. The number of carbonyl (C=O) groups is 4. The molecule has 2 fully saturated rings. The van der Waals surface area contributed by atoms with Crippen LogP contribution in [0.4, 0.5) is 5.69 Å². The molecule has 3 amide bonds. The van der Waals surface area contributed by atoms with Crippen molar-refractivity contribution in [3.05, 3.63) is 88.4 Å². The smallest absolute Gasteiger partial charge is 0.251 e. The van der Waals surface area contributed by atoms with Gasteiger partial charge in [-0.25, -0.2) is 0 Å². The Bertz CT molecular complexity index is 2340. The number of hydrogen-bond donors (Lipinski definition) is 5. The van der Waals surface area contributed by atoms with Gasteiger partial charge >= 0.3 is 0 Å². The summed E-state index contributed by atoms with van der Waals surface area (Å²) in [7, 11) is 0. The van der Waals surface area contributed by atoms with E-state index in [9.17, 15) is 29.5 Å². The molecule has 0 unspecified atom stereocenters. The number of likely N-dealkylation sites (tertiary alicyclic amines) is 1. The van der Waals surface area contributed by atoms with E-state index >= 15 is 0 Å². The molecule has 6 rings (SSSR count). The molecule has 0 spiro atoms. The van der Waals surface area contributed by atoms with Gasteiger partial charge in [-0.1, -0.05) is 84.3 Å². The number of aliphatic hydroxyl groups is 1. The van der Waals surface area contributed by atoms with Crippen LogP contribution in [0.15, 0.2) is 66.7 Å². The van der Waals surface area contributed by atoms with Gasteiger partial charge in [-0.2, -0.15) is 10.5 Å². The molecule has 2 aliphatic rings. The van der Waals surface area contributed by atoms with Gasteiger partial charge in [0.15, 0.2) is 5.78 Å². The number of β-amino-alcohol motifs (C(OH)–C–C–N with tert-alkyl or cyclic N) is 1. The van der Waals surface area contributed by atoms with Crippen LogP contribution in [-0.2, 0) is 25.7 Å². The molecule has 1 saturated carbocycles. The van der Waals surface area contributed by atoms with Crippen molar-refractivity contribution in [3.8, 4) is 23.2 Å². The maximum atomic E-state index is 14.0. The van der Waals surface area contributed by atoms with Gasteiger partial charge in [0, 0.05) is 84.8 Å². The number of nitrogens with one attached hydrogen (secondary N) is 4. The molecule has 3 atom stereocenters. The highest BCUT2D eigenvalue weighted by Gasteiger charge is 2.64. The summed E-state index contributed by atoms with van der Waals surface area (Å²) in [5.41, 5.74) is 2.11. The van der Waals surface area contributed by atoms with Gasteiger partial charge in [0.25, 0.3) is 5.91 Å². The first-order chi connectivity index (χ1) is 31.3. The van der Waals surface area contributed by atoms with Crippen LogP contribution < -0.4 is 20.7 Å². The second-order valence-corrected chi connectivity index (χ2v) is 20.0. The lowest BCUT2D eigenvalue weighted by molar-refractivity contribution is -0.164. The number of ketones is 1. The minimum Gasteiger partial charge on any atom is -0.489 e. The van der Waals surface area contributed by atoms with Crippen molar-refractivity contribution in [3.63, 3.8) is 0 Å². The summed E-state index contributed by atoms with van der Waals surface area (Å²) in [5, 5.41) is 43.5. The van der Waals surface area contributed by atoms with E-state index in [-0.39, 0.29) is 79.0 Å². The summed E-state index contributed by atoms with van der Waals surface area (Å²) in [6, 6.07) is 20.8. The number of carbonyl (C=O) groups excluding carboxylic acids is 4. The number of Topliss-reactive ketones (excluding diaryl/α,β-unsaturated/α-hetero) is 1. The zero-order chi connectivity index (χ0) is 47.8. The molecule has 3 aromatic carbocycles. The third-order valence-electron chi connectivity index (χ3n) is 12.8. The number of amides is 3. The number of halogens is 1. The van der Waals surface area contributed by atoms with Crippen molar-refractivity contribution in [2.45, 2.75) is 111 Å². The molecule has 66 heavy (non-hydrogen) atoms. The lowest BCUT2D eigenvalue weighted by Crippen LogP contribution is -2.74. The van der Waals surface area contributed by atoms with E-state index in [0.717, 1.165) is 42.6 Å². The van der Waals surface area contributed by atoms with Crippen LogP contribution in [0.3, 0.4) is 0 Å². The van der Waals surface area contributed by atoms with Crippen LogP contribution in [0.2, 0.25) is 5.02 Å². The molecule has 2 heterocycles. The Kier molecular flexibility index (Phi) is 15.9. The number of unbranched alkanes of at least 4 members (excludes halogenated alkanes) is 2. The largest absolute Gasteiger partial charge is 0.489 e. The van der Waals surface area contributed by atoms with Crippen LogP contribution in [-0.4, -0.2) is 105 Å². The van der Waals surface area contributed by atoms with Crippen molar-refractivity contribution >= 4 is 40.8 Å². The maximum absolute atomic E-state index is 14.0. The fraction of sp³-hybridized carbons (Fsp3) is 0.510. The Balaban J connectivity index is 0.875. The Hall–Kier alpha value is -5.89. The van der Waals surface area contributed by atoms with E-state index in [4.69, 9.17) is 21.1 Å². The predicted molar refractivity (Wildman–Crippen MR) is 249 cm³/mol. The van der Waals surface area contributed by atoms with Crippen LogP contribution in [0.1, 0.15) is 102 Å². The maximum Gasteiger partial charge on any atom is 0.251 e. The number of aromatic nitrogens is 4. The number of benzene rings is 3. The fourth-order valence-electron chi connectivity index (χ4n) is 9.39. The highest BCUT2D eigenvalue weighted by molar-refractivity contribution is 6.31. The molecule has 16 nitrogen and oxygen atoms in total. The summed E-state index contributed by atoms with van der Waals surface area (Å²) in [4.78, 5) is 55.3. The number of aromatic amines is 1. The zero-order valence-corrected chi connectivity index (χ0v) is 39.6. The van der Waals surface area contributed by atoms with Crippen molar-refractivity contribution in [1.82, 2.24) is 36.2 Å². The normalized spacial score (nSPS) is 20.1. The quantitative estimate of drug-likeness (QED) is 0.0599. The van der Waals surface area contributed by atoms with E-state index < -0.39 is 23.5 Å². The van der Waals surface area contributed by atoms with Crippen molar-refractivity contribution in [1.29, 1.82) is 5.26 Å². The van der Waals surface area contributed by atoms with Crippen LogP contribution in [0.25, 0.3) is 11.4 Å². The number of H-pyrrole nitrogens is 1. The van der Waals surface area contributed by atoms with Gasteiger partial charge < -0.3 is 35.4 Å². The number of nitrogens with zero attached hydrogens (tertiary/aromatic N) is 5. The lowest BCUT2D eigenvalue weighted by atomic mass is 9.49. The number of anilines is 1. The number of ether oxygens (including phenoxy) is 2. The van der Waals surface area contributed by atoms with E-state index in [2.05, 4.69) is 70.3 Å². The molecule has 17 heteroatoms. The van der Waals surface area contributed by atoms with E-state index in [0.29, 0.717) is 34.3 Å². The van der Waals surface area contributed by atoms with Gasteiger partial charge in [0.1, 0.15) is 30.6 Å². The third-order valence-corrected chi connectivity index (χ3v) is 13.1. The van der Waals surface area contributed by atoms with Gasteiger partial charge in [0.05, 0.1) is 16.7 Å². The molecule has 0 radical (unpaired) electrons. The van der Waals surface area contributed by atoms with Crippen molar-refractivity contribution in [2.75, 3.05) is 31.6 Å². The monoisotopic (exact) mass is 923 g/mol. The highest BCUT2D eigenvalue weighted by atomic mass is 35.5. The third kappa shape index (κ3) is 11.9. The Morgan fingerprint density at radius 3 is 2.35 bits per heavy atom. The summed E-state index contributed by atoms with van der Waals surface area (Å²) >= 11 is 6.24. The summed E-state index contributed by atoms with van der Waals surface area (Å²) in [5.74, 6) is -0.738. The summed E-state index contributed by atoms with van der Waals surface area (Å²) in [6.45, 7) is 15.2. The zero-order valence-electron chi connectivity index (χ0n) is 38.8. The van der Waals surface area contributed by atoms with Crippen LogP contribution in [0, 0.1) is 33.5 Å². The van der Waals surface area contributed by atoms with E-state index in [1.807, 2.05) is 57.2 Å². The average Bonchev–Trinajstić information content (AvgIpc) is 3.97. The molecule has 1 aliphatic carbocycles. The molecule has 1 saturated heterocycles.